The molecule has 0 saturated heterocycles. The van der Waals surface area contributed by atoms with Crippen LogP contribution in [0.3, 0.4) is 0 Å². The fraction of sp³-hybridized carbons (Fsp3) is 0.400. The van der Waals surface area contributed by atoms with Crippen molar-refractivity contribution in [1.82, 2.24) is 5.32 Å². The molecule has 1 aromatic rings. The van der Waals surface area contributed by atoms with E-state index in [9.17, 15) is 14.4 Å². The Hall–Kier alpha value is -2.17. The van der Waals surface area contributed by atoms with Crippen LogP contribution in [0.1, 0.15) is 41.6 Å². The Morgan fingerprint density at radius 2 is 1.95 bits per heavy atom. The first-order valence-electron chi connectivity index (χ1n) is 6.70. The number of amides is 1. The lowest BCUT2D eigenvalue weighted by atomic mass is 10.00. The number of ether oxygens (including phenoxy) is 1. The minimum absolute atomic E-state index is 0.130. The van der Waals surface area contributed by atoms with Gasteiger partial charge in [-0.2, -0.15) is 0 Å². The molecule has 1 aliphatic rings. The Labute approximate surface area is 117 Å². The van der Waals surface area contributed by atoms with E-state index in [1.807, 2.05) is 12.1 Å². The van der Waals surface area contributed by atoms with Gasteiger partial charge < -0.3 is 10.1 Å². The van der Waals surface area contributed by atoms with Crippen molar-refractivity contribution in [3.63, 3.8) is 0 Å². The van der Waals surface area contributed by atoms with Gasteiger partial charge in [-0.05, 0) is 31.2 Å². The predicted molar refractivity (Wildman–Crippen MR) is 72.4 cm³/mol. The zero-order chi connectivity index (χ0) is 14.5. The van der Waals surface area contributed by atoms with Crippen LogP contribution in [-0.2, 0) is 14.3 Å². The molecule has 0 unspecified atom stereocenters. The van der Waals surface area contributed by atoms with Gasteiger partial charge in [0.25, 0.3) is 0 Å². The first-order valence-corrected chi connectivity index (χ1v) is 6.70. The van der Waals surface area contributed by atoms with Crippen LogP contribution in [0.5, 0.6) is 0 Å². The molecule has 0 spiro atoms. The molecule has 0 aliphatic heterocycles. The van der Waals surface area contributed by atoms with Crippen LogP contribution in [0, 0.1) is 0 Å². The van der Waals surface area contributed by atoms with Crippen molar-refractivity contribution >= 4 is 17.7 Å². The van der Waals surface area contributed by atoms with Crippen LogP contribution in [0.15, 0.2) is 24.3 Å². The van der Waals surface area contributed by atoms with Gasteiger partial charge in [-0.1, -0.05) is 24.3 Å². The van der Waals surface area contributed by atoms with Crippen molar-refractivity contribution in [2.24, 2.45) is 0 Å². The minimum atomic E-state index is -0.962. The number of hydrogen-bond donors (Lipinski definition) is 1. The molecule has 2 rings (SSSR count). The number of hydrogen-bond acceptors (Lipinski definition) is 4. The maximum absolute atomic E-state index is 12.1. The molecule has 20 heavy (non-hydrogen) atoms. The molecule has 0 bridgehead atoms. The van der Waals surface area contributed by atoms with E-state index in [2.05, 4.69) is 10.1 Å². The molecular formula is C15H17NO4. The molecule has 0 atom stereocenters. The molecular weight excluding hydrogens is 258 g/mol. The van der Waals surface area contributed by atoms with Gasteiger partial charge in [0.1, 0.15) is 0 Å². The maximum Gasteiger partial charge on any atom is 0.396 e. The lowest BCUT2D eigenvalue weighted by Gasteiger charge is -2.08. The summed E-state index contributed by atoms with van der Waals surface area (Å²) in [5, 5.41) is 2.29. The van der Waals surface area contributed by atoms with Crippen LogP contribution in [0.2, 0.25) is 0 Å². The third-order valence-corrected chi connectivity index (χ3v) is 3.15. The minimum Gasteiger partial charge on any atom is -0.459 e. The average molecular weight is 275 g/mol. The molecule has 1 fully saturated rings. The van der Waals surface area contributed by atoms with Gasteiger partial charge in [-0.15, -0.1) is 0 Å². The van der Waals surface area contributed by atoms with E-state index in [1.165, 1.54) is 0 Å². The summed E-state index contributed by atoms with van der Waals surface area (Å²) in [5.41, 5.74) is 1.65. The summed E-state index contributed by atoms with van der Waals surface area (Å²) in [5.74, 6) is -1.58. The van der Waals surface area contributed by atoms with E-state index in [0.29, 0.717) is 11.5 Å². The quantitative estimate of drug-likeness (QED) is 0.501. The monoisotopic (exact) mass is 275 g/mol. The van der Waals surface area contributed by atoms with E-state index >= 15 is 0 Å². The van der Waals surface area contributed by atoms with E-state index < -0.39 is 11.9 Å². The molecule has 1 saturated carbocycles. The van der Waals surface area contributed by atoms with Crippen molar-refractivity contribution in [3.8, 4) is 0 Å². The van der Waals surface area contributed by atoms with Gasteiger partial charge in [0.2, 0.25) is 0 Å². The van der Waals surface area contributed by atoms with Crippen LogP contribution < -0.4 is 5.32 Å². The predicted octanol–water partition coefficient (Wildman–Crippen LogP) is 1.43. The number of carbonyl (C=O) groups is 3. The van der Waals surface area contributed by atoms with E-state index in [4.69, 9.17) is 0 Å². The van der Waals surface area contributed by atoms with Crippen LogP contribution in [-0.4, -0.2) is 30.8 Å². The molecule has 1 aliphatic carbocycles. The average Bonchev–Trinajstić information content (AvgIpc) is 3.29. The third-order valence-electron chi connectivity index (χ3n) is 3.15. The Morgan fingerprint density at radius 1 is 1.25 bits per heavy atom. The summed E-state index contributed by atoms with van der Waals surface area (Å²) in [4.78, 5) is 34.6. The summed E-state index contributed by atoms with van der Waals surface area (Å²) < 4.78 is 4.55. The highest BCUT2D eigenvalue weighted by Gasteiger charge is 2.27. The molecule has 5 nitrogen and oxygen atoms in total. The van der Waals surface area contributed by atoms with E-state index in [-0.39, 0.29) is 18.9 Å². The van der Waals surface area contributed by atoms with Crippen molar-refractivity contribution < 1.29 is 19.1 Å². The number of esters is 1. The molecule has 0 aromatic heterocycles. The fourth-order valence-electron chi connectivity index (χ4n) is 2.03. The molecule has 0 radical (unpaired) electrons. The van der Waals surface area contributed by atoms with Crippen LogP contribution in [0.4, 0.5) is 0 Å². The zero-order valence-electron chi connectivity index (χ0n) is 11.3. The fourth-order valence-corrected chi connectivity index (χ4v) is 2.03. The van der Waals surface area contributed by atoms with Crippen LogP contribution in [0.25, 0.3) is 0 Å². The van der Waals surface area contributed by atoms with Gasteiger partial charge in [0, 0.05) is 5.56 Å². The van der Waals surface area contributed by atoms with Gasteiger partial charge in [0.15, 0.2) is 5.78 Å². The topological polar surface area (TPSA) is 72.5 Å². The second-order valence-electron chi connectivity index (χ2n) is 4.69. The highest BCUT2D eigenvalue weighted by Crippen LogP contribution is 2.41. The lowest BCUT2D eigenvalue weighted by Crippen LogP contribution is -2.36. The Bertz CT molecular complexity index is 534. The first kappa shape index (κ1) is 14.2. The number of Topliss-reactive ketones (excluding diaryl/α,β-unsaturated/α-hetero) is 1. The smallest absolute Gasteiger partial charge is 0.396 e. The highest BCUT2D eigenvalue weighted by molar-refractivity contribution is 6.32. The van der Waals surface area contributed by atoms with Gasteiger partial charge in [0.05, 0.1) is 13.2 Å². The van der Waals surface area contributed by atoms with Crippen molar-refractivity contribution in [2.75, 3.05) is 13.2 Å². The Balaban J connectivity index is 1.95. The largest absolute Gasteiger partial charge is 0.459 e. The summed E-state index contributed by atoms with van der Waals surface area (Å²) in [6, 6.07) is 7.40. The molecule has 1 N–H and O–H groups in total. The number of nitrogens with one attached hydrogen (secondary N) is 1. The number of rotatable bonds is 5. The van der Waals surface area contributed by atoms with Crippen molar-refractivity contribution in [3.05, 3.63) is 35.4 Å². The van der Waals surface area contributed by atoms with Gasteiger partial charge in [-0.3, -0.25) is 9.59 Å². The van der Waals surface area contributed by atoms with Gasteiger partial charge >= 0.3 is 11.9 Å². The third kappa shape index (κ3) is 3.44. The molecule has 1 aromatic carbocycles. The molecule has 5 heteroatoms. The van der Waals surface area contributed by atoms with E-state index in [0.717, 1.165) is 18.4 Å². The standard InChI is InChI=1S/C15H17NO4/c1-2-20-15(19)14(18)16-9-13(17)12-6-4-3-5-11(12)10-7-8-10/h3-6,10H,2,7-9H2,1H3,(H,16,18). The molecule has 0 heterocycles. The summed E-state index contributed by atoms with van der Waals surface area (Å²) in [7, 11) is 0. The first-order chi connectivity index (χ1) is 9.63. The number of benzene rings is 1. The van der Waals surface area contributed by atoms with Crippen molar-refractivity contribution in [2.45, 2.75) is 25.7 Å². The lowest BCUT2D eigenvalue weighted by molar-refractivity contribution is -0.154. The summed E-state index contributed by atoms with van der Waals surface area (Å²) in [6.45, 7) is 1.55. The highest BCUT2D eigenvalue weighted by atomic mass is 16.5. The Kier molecular flexibility index (Phi) is 4.50. The van der Waals surface area contributed by atoms with E-state index in [1.54, 1.807) is 19.1 Å². The molecule has 1 amide bonds. The number of carbonyl (C=O) groups excluding carboxylic acids is 3. The zero-order valence-corrected chi connectivity index (χ0v) is 11.3. The van der Waals surface area contributed by atoms with Gasteiger partial charge in [-0.25, -0.2) is 4.79 Å². The molecule has 106 valence electrons. The normalized spacial score (nSPS) is 13.7. The second kappa shape index (κ2) is 6.32. The Morgan fingerprint density at radius 3 is 2.60 bits per heavy atom. The second-order valence-corrected chi connectivity index (χ2v) is 4.69. The SMILES string of the molecule is CCOC(=O)C(=O)NCC(=O)c1ccccc1C1CC1. The van der Waals surface area contributed by atoms with Crippen molar-refractivity contribution in [1.29, 1.82) is 0 Å². The maximum atomic E-state index is 12.1. The summed E-state index contributed by atoms with van der Waals surface area (Å²) >= 11 is 0. The number of ketones is 1. The van der Waals surface area contributed by atoms with Crippen LogP contribution >= 0.6 is 0 Å². The summed E-state index contributed by atoms with van der Waals surface area (Å²) in [6.07, 6.45) is 2.19.